The van der Waals surface area contributed by atoms with Crippen molar-refractivity contribution in [2.45, 2.75) is 71.6 Å². The van der Waals surface area contributed by atoms with Crippen LogP contribution in [0.5, 0.6) is 0 Å². The van der Waals surface area contributed by atoms with Gasteiger partial charge in [-0.25, -0.2) is 4.98 Å². The van der Waals surface area contributed by atoms with Crippen molar-refractivity contribution in [1.82, 2.24) is 14.3 Å². The summed E-state index contributed by atoms with van der Waals surface area (Å²) in [7, 11) is 0. The first kappa shape index (κ1) is 22.1. The highest BCUT2D eigenvalue weighted by molar-refractivity contribution is 5.93. The van der Waals surface area contributed by atoms with Crippen LogP contribution in [0.2, 0.25) is 0 Å². The monoisotopic (exact) mass is 417 g/mol. The molecular formula is C28H39N3. The first-order valence-corrected chi connectivity index (χ1v) is 12.4. The minimum atomic E-state index is 0.979. The first-order chi connectivity index (χ1) is 15.2. The second-order valence-corrected chi connectivity index (χ2v) is 9.48. The molecule has 166 valence electrons. The molecular weight excluding hydrogens is 378 g/mol. The molecule has 0 atom stereocenters. The van der Waals surface area contributed by atoms with E-state index in [1.165, 1.54) is 79.0 Å². The van der Waals surface area contributed by atoms with Gasteiger partial charge in [-0.2, -0.15) is 0 Å². The van der Waals surface area contributed by atoms with Crippen LogP contribution < -0.4 is 0 Å². The molecule has 3 heteroatoms. The lowest BCUT2D eigenvalue weighted by Gasteiger charge is -2.25. The number of hydrogen-bond acceptors (Lipinski definition) is 2. The Hall–Kier alpha value is -2.13. The lowest BCUT2D eigenvalue weighted by atomic mass is 9.86. The van der Waals surface area contributed by atoms with Crippen LogP contribution in [0.15, 0.2) is 43.1 Å². The van der Waals surface area contributed by atoms with Crippen LogP contribution in [0.3, 0.4) is 0 Å². The molecule has 1 aliphatic rings. The smallest absolute Gasteiger partial charge is 0.110 e. The Labute approximate surface area is 188 Å². The van der Waals surface area contributed by atoms with E-state index in [0.717, 1.165) is 37.7 Å². The molecule has 2 heterocycles. The number of aromatic nitrogens is 2. The van der Waals surface area contributed by atoms with Crippen LogP contribution in [0.4, 0.5) is 0 Å². The van der Waals surface area contributed by atoms with Gasteiger partial charge in [0.2, 0.25) is 0 Å². The van der Waals surface area contributed by atoms with Gasteiger partial charge < -0.3 is 4.90 Å². The third-order valence-electron chi connectivity index (χ3n) is 7.26. The number of rotatable bonds is 10. The molecule has 0 amide bonds. The van der Waals surface area contributed by atoms with Crippen molar-refractivity contribution < 1.29 is 0 Å². The highest BCUT2D eigenvalue weighted by Gasteiger charge is 2.17. The van der Waals surface area contributed by atoms with Crippen LogP contribution >= 0.6 is 0 Å². The molecule has 31 heavy (non-hydrogen) atoms. The van der Waals surface area contributed by atoms with Gasteiger partial charge in [0.15, 0.2) is 0 Å². The normalized spacial score (nSPS) is 15.3. The minimum Gasteiger partial charge on any atom is -0.303 e. The van der Waals surface area contributed by atoms with E-state index in [4.69, 9.17) is 0 Å². The van der Waals surface area contributed by atoms with E-state index in [0.29, 0.717) is 0 Å². The number of aryl methyl sites for hydroxylation is 2. The molecule has 0 unspecified atom stereocenters. The van der Waals surface area contributed by atoms with E-state index in [1.807, 2.05) is 6.20 Å². The predicted molar refractivity (Wildman–Crippen MR) is 133 cm³/mol. The Bertz CT molecular complexity index is 1010. The maximum absolute atomic E-state index is 4.63. The van der Waals surface area contributed by atoms with Crippen LogP contribution in [-0.2, 0) is 6.42 Å². The molecule has 1 aliphatic carbocycles. The number of benzene rings is 1. The molecule has 3 aromatic rings. The van der Waals surface area contributed by atoms with E-state index in [-0.39, 0.29) is 0 Å². The molecule has 1 aromatic carbocycles. The maximum Gasteiger partial charge on any atom is 0.110 e. The summed E-state index contributed by atoms with van der Waals surface area (Å²) in [6.45, 7) is 11.7. The van der Waals surface area contributed by atoms with E-state index in [1.54, 1.807) is 0 Å². The lowest BCUT2D eigenvalue weighted by Crippen LogP contribution is -2.28. The summed E-state index contributed by atoms with van der Waals surface area (Å²) in [6.07, 6.45) is 16.3. The standard InChI is InChI=1S/C28H39N3/c1-4-5-18-30(19-11-14-24-12-7-6-8-13-24)20-17-26-25-15-9-10-16-27(25)31-23(3)29-21-22(2)28(26)31/h4,9-10,15-16,21,24H,1,5-8,11-14,17-20H2,2-3H3. The summed E-state index contributed by atoms with van der Waals surface area (Å²) in [5.74, 6) is 2.05. The van der Waals surface area contributed by atoms with E-state index in [9.17, 15) is 0 Å². The van der Waals surface area contributed by atoms with Gasteiger partial charge in [0.1, 0.15) is 5.82 Å². The summed E-state index contributed by atoms with van der Waals surface area (Å²) >= 11 is 0. The molecule has 0 radical (unpaired) electrons. The fraction of sp³-hybridized carbons (Fsp3) is 0.536. The summed E-state index contributed by atoms with van der Waals surface area (Å²) in [4.78, 5) is 7.31. The predicted octanol–water partition coefficient (Wildman–Crippen LogP) is 6.89. The van der Waals surface area contributed by atoms with E-state index < -0.39 is 0 Å². The third kappa shape index (κ3) is 5.03. The molecule has 2 aromatic heterocycles. The quantitative estimate of drug-likeness (QED) is 0.335. The van der Waals surface area contributed by atoms with Crippen molar-refractivity contribution in [3.63, 3.8) is 0 Å². The zero-order valence-electron chi connectivity index (χ0n) is 19.6. The minimum absolute atomic E-state index is 0.979. The summed E-state index contributed by atoms with van der Waals surface area (Å²) in [6, 6.07) is 8.83. The van der Waals surface area contributed by atoms with Gasteiger partial charge in [0.25, 0.3) is 0 Å². The zero-order valence-corrected chi connectivity index (χ0v) is 19.6. The molecule has 0 spiro atoms. The largest absolute Gasteiger partial charge is 0.303 e. The Morgan fingerprint density at radius 1 is 1.10 bits per heavy atom. The third-order valence-corrected chi connectivity index (χ3v) is 7.26. The number of hydrogen-bond donors (Lipinski definition) is 0. The fourth-order valence-electron chi connectivity index (χ4n) is 5.58. The van der Waals surface area contributed by atoms with Crippen LogP contribution in [0.1, 0.15) is 68.3 Å². The van der Waals surface area contributed by atoms with Gasteiger partial charge in [-0.3, -0.25) is 4.40 Å². The van der Waals surface area contributed by atoms with Crippen molar-refractivity contribution in [3.05, 3.63) is 60.1 Å². The van der Waals surface area contributed by atoms with Crippen molar-refractivity contribution in [2.24, 2.45) is 5.92 Å². The molecule has 0 aliphatic heterocycles. The average Bonchev–Trinajstić information content (AvgIpc) is 3.14. The highest BCUT2D eigenvalue weighted by Crippen LogP contribution is 2.30. The van der Waals surface area contributed by atoms with Crippen LogP contribution in [-0.4, -0.2) is 33.9 Å². The van der Waals surface area contributed by atoms with Crippen molar-refractivity contribution in [2.75, 3.05) is 19.6 Å². The van der Waals surface area contributed by atoms with E-state index >= 15 is 0 Å². The summed E-state index contributed by atoms with van der Waals surface area (Å²) < 4.78 is 2.36. The SMILES string of the molecule is C=CCCN(CCCC1CCCCC1)CCc1c2ccccc2n2c(C)ncc(C)c12. The van der Waals surface area contributed by atoms with Crippen molar-refractivity contribution in [1.29, 1.82) is 0 Å². The first-order valence-electron chi connectivity index (χ1n) is 12.4. The van der Waals surface area contributed by atoms with Gasteiger partial charge in [0, 0.05) is 24.7 Å². The van der Waals surface area contributed by atoms with E-state index in [2.05, 4.69) is 65.1 Å². The number of nitrogens with zero attached hydrogens (tertiary/aromatic N) is 3. The number of para-hydroxylation sites is 1. The zero-order chi connectivity index (χ0) is 21.6. The van der Waals surface area contributed by atoms with Gasteiger partial charge in [0.05, 0.1) is 11.0 Å². The average molecular weight is 418 g/mol. The van der Waals surface area contributed by atoms with Gasteiger partial charge in [-0.1, -0.05) is 56.4 Å². The molecule has 1 saturated carbocycles. The Balaban J connectivity index is 1.50. The Morgan fingerprint density at radius 3 is 2.71 bits per heavy atom. The second-order valence-electron chi connectivity index (χ2n) is 9.48. The summed E-state index contributed by atoms with van der Waals surface area (Å²) in [5.41, 5.74) is 5.40. The number of fused-ring (bicyclic) bond motifs is 3. The highest BCUT2D eigenvalue weighted by atomic mass is 15.1. The maximum atomic E-state index is 4.63. The van der Waals surface area contributed by atoms with Gasteiger partial charge in [-0.15, -0.1) is 6.58 Å². The molecule has 3 nitrogen and oxygen atoms in total. The Morgan fingerprint density at radius 2 is 1.90 bits per heavy atom. The van der Waals surface area contributed by atoms with Crippen LogP contribution in [0, 0.1) is 19.8 Å². The molecule has 0 bridgehead atoms. The second kappa shape index (κ2) is 10.5. The topological polar surface area (TPSA) is 20.5 Å². The summed E-state index contributed by atoms with van der Waals surface area (Å²) in [5, 5.41) is 1.38. The fourth-order valence-corrected chi connectivity index (χ4v) is 5.58. The molecule has 1 fully saturated rings. The Kier molecular flexibility index (Phi) is 7.45. The molecule has 0 N–H and O–H groups in total. The lowest BCUT2D eigenvalue weighted by molar-refractivity contribution is 0.255. The van der Waals surface area contributed by atoms with Crippen LogP contribution in [0.25, 0.3) is 16.4 Å². The van der Waals surface area contributed by atoms with Gasteiger partial charge in [-0.05, 0) is 69.2 Å². The van der Waals surface area contributed by atoms with Gasteiger partial charge >= 0.3 is 0 Å². The van der Waals surface area contributed by atoms with Crippen molar-refractivity contribution >= 4 is 16.4 Å². The molecule has 4 rings (SSSR count). The van der Waals surface area contributed by atoms with Crippen molar-refractivity contribution in [3.8, 4) is 0 Å². The molecule has 0 saturated heterocycles.